The van der Waals surface area contributed by atoms with Crippen molar-refractivity contribution in [2.75, 3.05) is 12.4 Å². The van der Waals surface area contributed by atoms with Crippen LogP contribution in [0.1, 0.15) is 39.5 Å². The predicted molar refractivity (Wildman–Crippen MR) is 95.4 cm³/mol. The highest BCUT2D eigenvalue weighted by Gasteiger charge is 2.36. The molecule has 1 heterocycles. The second-order valence-electron chi connectivity index (χ2n) is 6.17. The first-order valence-corrected chi connectivity index (χ1v) is 9.45. The minimum absolute atomic E-state index is 0.196. The first-order chi connectivity index (χ1) is 11.2. The van der Waals surface area contributed by atoms with Crippen LogP contribution in [0.2, 0.25) is 0 Å². The first-order valence-electron chi connectivity index (χ1n) is 8.46. The Balaban J connectivity index is 1.77. The SMILES string of the molecule is CCOc1ccc(N=C2SC[C@@H](C)N2C(=O)C2CCCC2)cc1. The van der Waals surface area contributed by atoms with Crippen LogP contribution in [0.5, 0.6) is 5.75 Å². The van der Waals surface area contributed by atoms with Crippen LogP contribution in [-0.4, -0.2) is 34.4 Å². The molecule has 3 rings (SSSR count). The zero-order valence-electron chi connectivity index (χ0n) is 13.8. The molecule has 1 aliphatic carbocycles. The van der Waals surface area contributed by atoms with Crippen LogP contribution in [0.15, 0.2) is 29.3 Å². The number of hydrogen-bond acceptors (Lipinski definition) is 4. The van der Waals surface area contributed by atoms with Crippen LogP contribution in [0.25, 0.3) is 0 Å². The molecule has 2 fully saturated rings. The molecule has 23 heavy (non-hydrogen) atoms. The van der Waals surface area contributed by atoms with Gasteiger partial charge in [-0.05, 0) is 51.0 Å². The lowest BCUT2D eigenvalue weighted by Gasteiger charge is -2.24. The maximum atomic E-state index is 12.8. The van der Waals surface area contributed by atoms with Crippen LogP contribution in [0, 0.1) is 5.92 Å². The fraction of sp³-hybridized carbons (Fsp3) is 0.556. The second-order valence-corrected chi connectivity index (χ2v) is 7.16. The van der Waals surface area contributed by atoms with Gasteiger partial charge in [0.1, 0.15) is 5.75 Å². The van der Waals surface area contributed by atoms with Crippen molar-refractivity contribution in [1.29, 1.82) is 0 Å². The summed E-state index contributed by atoms with van der Waals surface area (Å²) in [5.41, 5.74) is 0.870. The van der Waals surface area contributed by atoms with Crippen LogP contribution in [0.4, 0.5) is 5.69 Å². The average Bonchev–Trinajstić information content (AvgIpc) is 3.19. The molecule has 0 bridgehead atoms. The quantitative estimate of drug-likeness (QED) is 0.829. The third kappa shape index (κ3) is 3.71. The van der Waals surface area contributed by atoms with E-state index >= 15 is 0 Å². The summed E-state index contributed by atoms with van der Waals surface area (Å²) in [5.74, 6) is 2.24. The Morgan fingerprint density at radius 3 is 2.65 bits per heavy atom. The summed E-state index contributed by atoms with van der Waals surface area (Å²) in [4.78, 5) is 19.5. The van der Waals surface area contributed by atoms with Crippen molar-refractivity contribution in [2.45, 2.75) is 45.6 Å². The summed E-state index contributed by atoms with van der Waals surface area (Å²) in [6.07, 6.45) is 4.42. The number of rotatable bonds is 4. The van der Waals surface area contributed by atoms with E-state index in [1.54, 1.807) is 11.8 Å². The number of amides is 1. The summed E-state index contributed by atoms with van der Waals surface area (Å²) in [6, 6.07) is 7.97. The standard InChI is InChI=1S/C18H24N2O2S/c1-3-22-16-10-8-15(9-11-16)19-18-20(13(2)12-23-18)17(21)14-6-4-5-7-14/h8-11,13-14H,3-7,12H2,1-2H3/t13-/m1/s1. The van der Waals surface area contributed by atoms with Crippen LogP contribution in [-0.2, 0) is 4.79 Å². The highest BCUT2D eigenvalue weighted by atomic mass is 32.2. The maximum Gasteiger partial charge on any atom is 0.231 e. The Morgan fingerprint density at radius 2 is 2.00 bits per heavy atom. The summed E-state index contributed by atoms with van der Waals surface area (Å²) in [7, 11) is 0. The lowest BCUT2D eigenvalue weighted by Crippen LogP contribution is -2.40. The number of aliphatic imine (C=N–C) groups is 1. The highest BCUT2D eigenvalue weighted by Crippen LogP contribution is 2.33. The molecule has 1 saturated heterocycles. The molecule has 1 amide bonds. The van der Waals surface area contributed by atoms with Gasteiger partial charge in [-0.15, -0.1) is 0 Å². The van der Waals surface area contributed by atoms with Gasteiger partial charge in [0.05, 0.1) is 12.3 Å². The van der Waals surface area contributed by atoms with Crippen molar-refractivity contribution in [1.82, 2.24) is 4.90 Å². The molecule has 2 aliphatic rings. The lowest BCUT2D eigenvalue weighted by molar-refractivity contribution is -0.132. The van der Waals surface area contributed by atoms with E-state index in [9.17, 15) is 4.79 Å². The zero-order chi connectivity index (χ0) is 16.2. The second kappa shape index (κ2) is 7.39. The molecule has 0 radical (unpaired) electrons. The highest BCUT2D eigenvalue weighted by molar-refractivity contribution is 8.14. The monoisotopic (exact) mass is 332 g/mol. The zero-order valence-corrected chi connectivity index (χ0v) is 14.6. The number of thioether (sulfide) groups is 1. The molecule has 4 nitrogen and oxygen atoms in total. The molecule has 0 aromatic heterocycles. The number of ether oxygens (including phenoxy) is 1. The van der Waals surface area contributed by atoms with Crippen molar-refractivity contribution < 1.29 is 9.53 Å². The van der Waals surface area contributed by atoms with Crippen molar-refractivity contribution in [3.05, 3.63) is 24.3 Å². The number of hydrogen-bond donors (Lipinski definition) is 0. The molecule has 1 aromatic rings. The topological polar surface area (TPSA) is 41.9 Å². The van der Waals surface area contributed by atoms with Crippen molar-refractivity contribution in [2.24, 2.45) is 10.9 Å². The van der Waals surface area contributed by atoms with E-state index in [1.807, 2.05) is 36.1 Å². The molecular formula is C18H24N2O2S. The van der Waals surface area contributed by atoms with Crippen LogP contribution < -0.4 is 4.74 Å². The predicted octanol–water partition coefficient (Wildman–Crippen LogP) is 4.23. The molecule has 1 saturated carbocycles. The van der Waals surface area contributed by atoms with Gasteiger partial charge in [-0.3, -0.25) is 9.69 Å². The van der Waals surface area contributed by atoms with E-state index in [4.69, 9.17) is 9.73 Å². The summed E-state index contributed by atoms with van der Waals surface area (Å²) in [6.45, 7) is 4.74. The molecule has 5 heteroatoms. The van der Waals surface area contributed by atoms with Gasteiger partial charge in [0.15, 0.2) is 5.17 Å². The van der Waals surface area contributed by atoms with Gasteiger partial charge < -0.3 is 4.74 Å². The van der Waals surface area contributed by atoms with Crippen molar-refractivity contribution in [3.8, 4) is 5.75 Å². The van der Waals surface area contributed by atoms with Gasteiger partial charge in [-0.1, -0.05) is 24.6 Å². The summed E-state index contributed by atoms with van der Waals surface area (Å²) < 4.78 is 5.46. The minimum Gasteiger partial charge on any atom is -0.494 e. The average molecular weight is 332 g/mol. The Labute approximate surface area is 142 Å². The normalized spacial score (nSPS) is 23.7. The number of carbonyl (C=O) groups is 1. The summed E-state index contributed by atoms with van der Waals surface area (Å²) >= 11 is 1.68. The van der Waals surface area contributed by atoms with Crippen LogP contribution in [0.3, 0.4) is 0 Å². The van der Waals surface area contributed by atoms with E-state index in [2.05, 4.69) is 6.92 Å². The fourth-order valence-electron chi connectivity index (χ4n) is 3.19. The Morgan fingerprint density at radius 1 is 1.30 bits per heavy atom. The molecular weight excluding hydrogens is 308 g/mol. The van der Waals surface area contributed by atoms with Gasteiger partial charge in [0.25, 0.3) is 0 Å². The minimum atomic E-state index is 0.196. The van der Waals surface area contributed by atoms with E-state index in [1.165, 1.54) is 12.8 Å². The molecule has 1 atom stereocenters. The molecule has 1 aromatic carbocycles. The molecule has 124 valence electrons. The first kappa shape index (κ1) is 16.4. The van der Waals surface area contributed by atoms with Gasteiger partial charge in [-0.25, -0.2) is 4.99 Å². The van der Waals surface area contributed by atoms with Crippen LogP contribution >= 0.6 is 11.8 Å². The Kier molecular flexibility index (Phi) is 5.26. The molecule has 1 aliphatic heterocycles. The third-order valence-electron chi connectivity index (χ3n) is 4.41. The fourth-order valence-corrected chi connectivity index (χ4v) is 4.31. The van der Waals surface area contributed by atoms with Crippen molar-refractivity contribution in [3.63, 3.8) is 0 Å². The largest absolute Gasteiger partial charge is 0.494 e. The van der Waals surface area contributed by atoms with E-state index in [-0.39, 0.29) is 17.9 Å². The number of amidine groups is 1. The number of nitrogens with zero attached hydrogens (tertiary/aromatic N) is 2. The van der Waals surface area contributed by atoms with Crippen molar-refractivity contribution >= 4 is 28.5 Å². The number of benzene rings is 1. The number of carbonyl (C=O) groups excluding carboxylic acids is 1. The Bertz CT molecular complexity index is 579. The van der Waals surface area contributed by atoms with Gasteiger partial charge in [0.2, 0.25) is 5.91 Å². The smallest absolute Gasteiger partial charge is 0.231 e. The third-order valence-corrected chi connectivity index (χ3v) is 5.61. The maximum absolute atomic E-state index is 12.8. The van der Waals surface area contributed by atoms with E-state index < -0.39 is 0 Å². The van der Waals surface area contributed by atoms with Gasteiger partial charge in [0, 0.05) is 17.7 Å². The molecule has 0 spiro atoms. The Hall–Kier alpha value is -1.49. The van der Waals surface area contributed by atoms with Gasteiger partial charge >= 0.3 is 0 Å². The van der Waals surface area contributed by atoms with E-state index in [0.717, 1.165) is 35.2 Å². The molecule has 0 unspecified atom stereocenters. The lowest BCUT2D eigenvalue weighted by atomic mass is 10.1. The van der Waals surface area contributed by atoms with Gasteiger partial charge in [-0.2, -0.15) is 0 Å². The summed E-state index contributed by atoms with van der Waals surface area (Å²) in [5, 5.41) is 0.846. The molecule has 0 N–H and O–H groups in total. The van der Waals surface area contributed by atoms with E-state index in [0.29, 0.717) is 6.61 Å².